The lowest BCUT2D eigenvalue weighted by molar-refractivity contribution is 1.20. The van der Waals surface area contributed by atoms with Crippen LogP contribution >= 0.6 is 0 Å². The van der Waals surface area contributed by atoms with E-state index in [0.717, 1.165) is 6.42 Å². The van der Waals surface area contributed by atoms with Gasteiger partial charge in [0, 0.05) is 0 Å². The normalized spacial score (nSPS) is 10.9. The van der Waals surface area contributed by atoms with E-state index in [2.05, 4.69) is 51.1 Å². The quantitative estimate of drug-likeness (QED) is 0.620. The second kappa shape index (κ2) is 4.10. The molecule has 1 radical (unpaired) electrons. The van der Waals surface area contributed by atoms with Crippen molar-refractivity contribution in [1.29, 1.82) is 0 Å². The third-order valence-corrected chi connectivity index (χ3v) is 2.07. The summed E-state index contributed by atoms with van der Waals surface area (Å²) in [4.78, 5) is 0. The van der Waals surface area contributed by atoms with E-state index < -0.39 is 0 Å². The van der Waals surface area contributed by atoms with Crippen LogP contribution in [0.1, 0.15) is 30.0 Å². The van der Waals surface area contributed by atoms with Crippen molar-refractivity contribution in [3.8, 4) is 0 Å². The average molecular weight is 159 g/mol. The predicted octanol–water partition coefficient (Wildman–Crippen LogP) is 3.42. The lowest BCUT2D eigenvalue weighted by atomic mass is 10.0. The highest BCUT2D eigenvalue weighted by Crippen LogP contribution is 2.12. The third-order valence-electron chi connectivity index (χ3n) is 2.07. The second-order valence-corrected chi connectivity index (χ2v) is 3.00. The van der Waals surface area contributed by atoms with E-state index in [1.807, 2.05) is 0 Å². The van der Waals surface area contributed by atoms with Crippen LogP contribution in [0.5, 0.6) is 0 Å². The molecule has 0 saturated carbocycles. The molecule has 0 amide bonds. The molecule has 1 rings (SSSR count). The first-order valence-corrected chi connectivity index (χ1v) is 4.40. The van der Waals surface area contributed by atoms with E-state index in [1.54, 1.807) is 0 Å². The summed E-state index contributed by atoms with van der Waals surface area (Å²) < 4.78 is 0. The summed E-state index contributed by atoms with van der Waals surface area (Å²) in [6, 6.07) is 6.31. The molecule has 0 heteroatoms. The fourth-order valence-electron chi connectivity index (χ4n) is 1.12. The van der Waals surface area contributed by atoms with Gasteiger partial charge < -0.3 is 0 Å². The lowest BCUT2D eigenvalue weighted by Crippen LogP contribution is -1.85. The van der Waals surface area contributed by atoms with Gasteiger partial charge in [-0.15, -0.1) is 0 Å². The van der Waals surface area contributed by atoms with Crippen LogP contribution in [-0.2, 0) is 0 Å². The molecule has 0 bridgehead atoms. The molecule has 0 atom stereocenters. The number of rotatable bonds is 2. The van der Waals surface area contributed by atoms with E-state index in [-0.39, 0.29) is 0 Å². The van der Waals surface area contributed by atoms with Gasteiger partial charge in [0.05, 0.1) is 0 Å². The first kappa shape index (κ1) is 9.05. The number of hydrogen-bond acceptors (Lipinski definition) is 0. The van der Waals surface area contributed by atoms with Crippen LogP contribution in [0.15, 0.2) is 24.3 Å². The molecule has 0 N–H and O–H groups in total. The average Bonchev–Trinajstić information content (AvgIpc) is 2.08. The van der Waals surface area contributed by atoms with E-state index >= 15 is 0 Å². The van der Waals surface area contributed by atoms with Gasteiger partial charge in [0.15, 0.2) is 0 Å². The monoisotopic (exact) mass is 159 g/mol. The highest BCUT2D eigenvalue weighted by Gasteiger charge is 1.95. The Hall–Kier alpha value is -1.04. The summed E-state index contributed by atoms with van der Waals surface area (Å²) in [5.41, 5.74) is 3.89. The van der Waals surface area contributed by atoms with Gasteiger partial charge in [-0.3, -0.25) is 0 Å². The Balaban J connectivity index is 3.00. The Bertz CT molecular complexity index is 282. The molecule has 0 aliphatic rings. The first-order valence-electron chi connectivity index (χ1n) is 4.40. The first-order chi connectivity index (χ1) is 5.75. The zero-order chi connectivity index (χ0) is 8.97. The molecule has 0 heterocycles. The van der Waals surface area contributed by atoms with E-state index in [9.17, 15) is 0 Å². The van der Waals surface area contributed by atoms with Crippen LogP contribution < -0.4 is 0 Å². The molecule has 0 spiro atoms. The minimum atomic E-state index is 1.05. The molecule has 0 unspecified atom stereocenters. The Morgan fingerprint density at radius 1 is 1.33 bits per heavy atom. The van der Waals surface area contributed by atoms with Crippen molar-refractivity contribution in [3.05, 3.63) is 47.0 Å². The fourth-order valence-corrected chi connectivity index (χ4v) is 1.12. The molecule has 0 saturated heterocycles. The van der Waals surface area contributed by atoms with Crippen LogP contribution in [0.25, 0.3) is 0 Å². The third kappa shape index (κ3) is 1.97. The minimum Gasteiger partial charge on any atom is -0.0763 e. The zero-order valence-electron chi connectivity index (χ0n) is 8.02. The van der Waals surface area contributed by atoms with Gasteiger partial charge in [0.1, 0.15) is 0 Å². The van der Waals surface area contributed by atoms with E-state index in [0.29, 0.717) is 0 Å². The molecule has 12 heavy (non-hydrogen) atoms. The zero-order valence-corrected chi connectivity index (χ0v) is 8.02. The van der Waals surface area contributed by atoms with Gasteiger partial charge >= 0.3 is 0 Å². The Morgan fingerprint density at radius 2 is 2.08 bits per heavy atom. The summed E-state index contributed by atoms with van der Waals surface area (Å²) in [6.07, 6.45) is 6.40. The smallest absolute Gasteiger partial charge is 0.0146 e. The van der Waals surface area contributed by atoms with Crippen LogP contribution in [0.3, 0.4) is 0 Å². The van der Waals surface area contributed by atoms with Crippen molar-refractivity contribution >= 4 is 0 Å². The van der Waals surface area contributed by atoms with Crippen LogP contribution in [-0.4, -0.2) is 0 Å². The van der Waals surface area contributed by atoms with Gasteiger partial charge in [0.25, 0.3) is 0 Å². The Kier molecular flexibility index (Phi) is 3.09. The summed E-state index contributed by atoms with van der Waals surface area (Å²) in [6.45, 7) is 6.39. The van der Waals surface area contributed by atoms with Crippen molar-refractivity contribution in [2.24, 2.45) is 0 Å². The van der Waals surface area contributed by atoms with Crippen LogP contribution in [0.2, 0.25) is 0 Å². The lowest BCUT2D eigenvalue weighted by Gasteiger charge is -2.02. The van der Waals surface area contributed by atoms with Crippen LogP contribution in [0.4, 0.5) is 0 Å². The molecule has 0 aromatic heterocycles. The molecule has 63 valence electrons. The fraction of sp³-hybridized carbons (Fsp3) is 0.333. The Labute approximate surface area is 74.9 Å². The molecule has 0 aliphatic heterocycles. The maximum absolute atomic E-state index is 3.28. The minimum absolute atomic E-state index is 1.05. The standard InChI is InChI=1S/C12H15/c1-4-5-8-12-9-6-7-10(2)11(12)3/h5-7,9H,4H2,1-3H3. The largest absolute Gasteiger partial charge is 0.0763 e. The highest BCUT2D eigenvalue weighted by molar-refractivity contribution is 5.36. The maximum atomic E-state index is 3.28. The molecular weight excluding hydrogens is 144 g/mol. The van der Waals surface area contributed by atoms with Gasteiger partial charge in [-0.2, -0.15) is 0 Å². The topological polar surface area (TPSA) is 0 Å². The number of hydrogen-bond donors (Lipinski definition) is 0. The summed E-state index contributed by atoms with van der Waals surface area (Å²) >= 11 is 0. The van der Waals surface area contributed by atoms with E-state index in [1.165, 1.54) is 16.7 Å². The van der Waals surface area contributed by atoms with Crippen molar-refractivity contribution < 1.29 is 0 Å². The van der Waals surface area contributed by atoms with Crippen molar-refractivity contribution in [3.63, 3.8) is 0 Å². The maximum Gasteiger partial charge on any atom is -0.0146 e. The predicted molar refractivity (Wildman–Crippen MR) is 53.1 cm³/mol. The van der Waals surface area contributed by atoms with Gasteiger partial charge in [-0.1, -0.05) is 31.2 Å². The summed E-state index contributed by atoms with van der Waals surface area (Å²) in [7, 11) is 0. The van der Waals surface area contributed by atoms with Crippen LogP contribution in [0, 0.1) is 19.9 Å². The SMILES string of the molecule is CC/C=[C]\c1cccc(C)c1C. The number of benzene rings is 1. The van der Waals surface area contributed by atoms with E-state index in [4.69, 9.17) is 0 Å². The highest BCUT2D eigenvalue weighted by atomic mass is 14.0. The van der Waals surface area contributed by atoms with Gasteiger partial charge in [0.2, 0.25) is 0 Å². The molecular formula is C12H15. The van der Waals surface area contributed by atoms with Crippen molar-refractivity contribution in [1.82, 2.24) is 0 Å². The van der Waals surface area contributed by atoms with Crippen molar-refractivity contribution in [2.45, 2.75) is 27.2 Å². The van der Waals surface area contributed by atoms with Gasteiger partial charge in [-0.05, 0) is 43.0 Å². The number of aryl methyl sites for hydroxylation is 1. The number of allylic oxidation sites excluding steroid dienone is 1. The molecule has 0 aliphatic carbocycles. The summed E-state index contributed by atoms with van der Waals surface area (Å²) in [5, 5.41) is 0. The molecule has 1 aromatic carbocycles. The van der Waals surface area contributed by atoms with Gasteiger partial charge in [-0.25, -0.2) is 0 Å². The second-order valence-electron chi connectivity index (χ2n) is 3.00. The molecule has 1 aromatic rings. The molecule has 0 fully saturated rings. The summed E-state index contributed by atoms with van der Waals surface area (Å²) in [5.74, 6) is 0. The molecule has 0 nitrogen and oxygen atoms in total. The Morgan fingerprint density at radius 3 is 2.75 bits per heavy atom. The van der Waals surface area contributed by atoms with Crippen molar-refractivity contribution in [2.75, 3.05) is 0 Å².